The molecule has 0 unspecified atom stereocenters. The number of rotatable bonds is 6. The van der Waals surface area contributed by atoms with E-state index < -0.39 is 0 Å². The van der Waals surface area contributed by atoms with E-state index in [2.05, 4.69) is 28.2 Å². The molecule has 1 aromatic rings. The molecule has 1 aromatic carbocycles. The van der Waals surface area contributed by atoms with Crippen LogP contribution in [-0.2, 0) is 6.54 Å². The van der Waals surface area contributed by atoms with Crippen LogP contribution in [0.4, 0.5) is 0 Å². The molecular weight excluding hydrogens is 336 g/mol. The standard InChI is InChI=1S/C19H28N2O3S/c1-22-17-8-14(9-18-19(17)24-13-23-18)10-21-12-15-4-3-6-20(15)11-16(21)5-7-25-2/h8-9,15-16H,3-7,10-13H2,1-2H3/t15-,16-/m0/s1. The van der Waals surface area contributed by atoms with Gasteiger partial charge >= 0.3 is 0 Å². The Kier molecular flexibility index (Phi) is 5.29. The minimum atomic E-state index is 0.284. The molecule has 4 rings (SSSR count). The first-order valence-corrected chi connectivity index (χ1v) is 10.6. The van der Waals surface area contributed by atoms with Crippen molar-refractivity contribution in [1.82, 2.24) is 9.80 Å². The first kappa shape index (κ1) is 17.3. The molecule has 0 radical (unpaired) electrons. The summed E-state index contributed by atoms with van der Waals surface area (Å²) in [6, 6.07) is 5.61. The number of hydrogen-bond acceptors (Lipinski definition) is 6. The second kappa shape index (κ2) is 7.64. The number of ether oxygens (including phenoxy) is 3. The van der Waals surface area contributed by atoms with Crippen LogP contribution in [0.5, 0.6) is 17.2 Å². The zero-order valence-electron chi connectivity index (χ0n) is 15.2. The van der Waals surface area contributed by atoms with Crippen molar-refractivity contribution in [3.05, 3.63) is 17.7 Å². The van der Waals surface area contributed by atoms with Crippen molar-refractivity contribution in [2.75, 3.05) is 45.5 Å². The predicted molar refractivity (Wildman–Crippen MR) is 101 cm³/mol. The van der Waals surface area contributed by atoms with Crippen LogP contribution in [0.25, 0.3) is 0 Å². The highest BCUT2D eigenvalue weighted by molar-refractivity contribution is 7.98. The Morgan fingerprint density at radius 3 is 3.04 bits per heavy atom. The van der Waals surface area contributed by atoms with Crippen LogP contribution < -0.4 is 14.2 Å². The number of hydrogen-bond donors (Lipinski definition) is 0. The summed E-state index contributed by atoms with van der Waals surface area (Å²) in [4.78, 5) is 5.39. The summed E-state index contributed by atoms with van der Waals surface area (Å²) in [5, 5.41) is 0. The molecule has 2 fully saturated rings. The van der Waals surface area contributed by atoms with Crippen LogP contribution in [0, 0.1) is 0 Å². The molecule has 2 saturated heterocycles. The van der Waals surface area contributed by atoms with Gasteiger partial charge in [-0.3, -0.25) is 9.80 Å². The molecule has 25 heavy (non-hydrogen) atoms. The van der Waals surface area contributed by atoms with E-state index in [0.29, 0.717) is 6.04 Å². The fraction of sp³-hybridized carbons (Fsp3) is 0.684. The average molecular weight is 365 g/mol. The number of piperazine rings is 1. The summed E-state index contributed by atoms with van der Waals surface area (Å²) in [6.45, 7) is 4.91. The zero-order valence-corrected chi connectivity index (χ0v) is 16.0. The van der Waals surface area contributed by atoms with Crippen molar-refractivity contribution in [3.8, 4) is 17.2 Å². The number of methoxy groups -OCH3 is 1. The molecule has 0 spiro atoms. The Balaban J connectivity index is 1.52. The third-order valence-corrected chi connectivity index (χ3v) is 6.31. The van der Waals surface area contributed by atoms with Crippen molar-refractivity contribution in [1.29, 1.82) is 0 Å². The third-order valence-electron chi connectivity index (χ3n) is 5.67. The van der Waals surface area contributed by atoms with Crippen molar-refractivity contribution in [3.63, 3.8) is 0 Å². The van der Waals surface area contributed by atoms with Crippen molar-refractivity contribution in [2.45, 2.75) is 37.9 Å². The summed E-state index contributed by atoms with van der Waals surface area (Å²) in [5.41, 5.74) is 1.25. The molecule has 0 aromatic heterocycles. The lowest BCUT2D eigenvalue weighted by Crippen LogP contribution is -2.55. The van der Waals surface area contributed by atoms with E-state index in [-0.39, 0.29) is 6.79 Å². The van der Waals surface area contributed by atoms with Gasteiger partial charge in [0, 0.05) is 31.7 Å². The summed E-state index contributed by atoms with van der Waals surface area (Å²) < 4.78 is 16.6. The second-order valence-corrected chi connectivity index (χ2v) is 8.17. The van der Waals surface area contributed by atoms with Gasteiger partial charge in [0.1, 0.15) is 0 Å². The lowest BCUT2D eigenvalue weighted by Gasteiger charge is -2.44. The van der Waals surface area contributed by atoms with E-state index in [9.17, 15) is 0 Å². The summed E-state index contributed by atoms with van der Waals surface area (Å²) in [7, 11) is 1.69. The molecule has 138 valence electrons. The van der Waals surface area contributed by atoms with Gasteiger partial charge in [0.25, 0.3) is 0 Å². The second-order valence-electron chi connectivity index (χ2n) is 7.19. The molecule has 2 atom stereocenters. The number of thioether (sulfide) groups is 1. The van der Waals surface area contributed by atoms with Crippen molar-refractivity contribution < 1.29 is 14.2 Å². The Morgan fingerprint density at radius 1 is 1.28 bits per heavy atom. The molecule has 0 aliphatic carbocycles. The lowest BCUT2D eigenvalue weighted by molar-refractivity contribution is 0.0442. The largest absolute Gasteiger partial charge is 0.493 e. The minimum Gasteiger partial charge on any atom is -0.493 e. The van der Waals surface area contributed by atoms with Gasteiger partial charge in [0.2, 0.25) is 12.5 Å². The summed E-state index contributed by atoms with van der Waals surface area (Å²) >= 11 is 1.95. The van der Waals surface area contributed by atoms with E-state index in [4.69, 9.17) is 14.2 Å². The van der Waals surface area contributed by atoms with Gasteiger partial charge < -0.3 is 14.2 Å². The fourth-order valence-electron chi connectivity index (χ4n) is 4.38. The normalized spacial score (nSPS) is 26.0. The van der Waals surface area contributed by atoms with Gasteiger partial charge in [-0.05, 0) is 55.5 Å². The van der Waals surface area contributed by atoms with Gasteiger partial charge in [0.15, 0.2) is 11.5 Å². The molecule has 3 aliphatic rings. The highest BCUT2D eigenvalue weighted by atomic mass is 32.2. The molecule has 6 heteroatoms. The maximum Gasteiger partial charge on any atom is 0.231 e. The van der Waals surface area contributed by atoms with Crippen LogP contribution in [0.15, 0.2) is 12.1 Å². The average Bonchev–Trinajstić information content (AvgIpc) is 3.27. The van der Waals surface area contributed by atoms with Crippen LogP contribution in [0.1, 0.15) is 24.8 Å². The quantitative estimate of drug-likeness (QED) is 0.772. The molecule has 0 amide bonds. The Bertz CT molecular complexity index is 613. The van der Waals surface area contributed by atoms with Gasteiger partial charge in [0.05, 0.1) is 7.11 Å². The van der Waals surface area contributed by atoms with Gasteiger partial charge in [-0.2, -0.15) is 11.8 Å². The Labute approximate surface area is 154 Å². The van der Waals surface area contributed by atoms with Gasteiger partial charge in [-0.1, -0.05) is 0 Å². The number of benzene rings is 1. The maximum atomic E-state index is 5.60. The van der Waals surface area contributed by atoms with E-state index in [1.165, 1.54) is 50.2 Å². The van der Waals surface area contributed by atoms with Crippen LogP contribution in [0.3, 0.4) is 0 Å². The lowest BCUT2D eigenvalue weighted by atomic mass is 10.0. The van der Waals surface area contributed by atoms with E-state index >= 15 is 0 Å². The van der Waals surface area contributed by atoms with Crippen molar-refractivity contribution >= 4 is 11.8 Å². The number of fused-ring (bicyclic) bond motifs is 2. The third kappa shape index (κ3) is 3.57. The van der Waals surface area contributed by atoms with E-state index in [0.717, 1.165) is 29.8 Å². The smallest absolute Gasteiger partial charge is 0.231 e. The zero-order chi connectivity index (χ0) is 17.2. The monoisotopic (exact) mass is 364 g/mol. The highest BCUT2D eigenvalue weighted by Gasteiger charge is 2.36. The van der Waals surface area contributed by atoms with E-state index in [1.54, 1.807) is 7.11 Å². The number of nitrogens with zero attached hydrogens (tertiary/aromatic N) is 2. The predicted octanol–water partition coefficient (Wildman–Crippen LogP) is 2.83. The van der Waals surface area contributed by atoms with Crippen molar-refractivity contribution in [2.24, 2.45) is 0 Å². The Hall–Kier alpha value is -1.11. The van der Waals surface area contributed by atoms with Crippen LogP contribution in [-0.4, -0.2) is 67.4 Å². The van der Waals surface area contributed by atoms with Crippen LogP contribution >= 0.6 is 11.8 Å². The molecule has 0 bridgehead atoms. The molecule has 3 aliphatic heterocycles. The Morgan fingerprint density at radius 2 is 2.20 bits per heavy atom. The molecular formula is C19H28N2O3S. The topological polar surface area (TPSA) is 34.2 Å². The molecule has 0 saturated carbocycles. The SMILES string of the molecule is COc1cc(CN2C[C@@H]3CCCN3C[C@@H]2CCSC)cc2c1OCO2. The first-order valence-electron chi connectivity index (χ1n) is 9.22. The first-order chi connectivity index (χ1) is 12.3. The highest BCUT2D eigenvalue weighted by Crippen LogP contribution is 2.42. The minimum absolute atomic E-state index is 0.284. The van der Waals surface area contributed by atoms with E-state index in [1.807, 2.05) is 11.8 Å². The van der Waals surface area contributed by atoms with Crippen LogP contribution in [0.2, 0.25) is 0 Å². The van der Waals surface area contributed by atoms with Gasteiger partial charge in [-0.15, -0.1) is 0 Å². The van der Waals surface area contributed by atoms with Gasteiger partial charge in [-0.25, -0.2) is 0 Å². The summed E-state index contributed by atoms with van der Waals surface area (Å²) in [5.74, 6) is 3.56. The molecule has 3 heterocycles. The maximum absolute atomic E-state index is 5.60. The molecule has 5 nitrogen and oxygen atoms in total. The summed E-state index contributed by atoms with van der Waals surface area (Å²) in [6.07, 6.45) is 6.16. The molecule has 0 N–H and O–H groups in total. The fourth-order valence-corrected chi connectivity index (χ4v) is 4.89.